The van der Waals surface area contributed by atoms with Crippen LogP contribution in [0.15, 0.2) is 36.4 Å². The number of rotatable bonds is 5. The fraction of sp³-hybridized carbons (Fsp3) is 0.250. The van der Waals surface area contributed by atoms with Gasteiger partial charge in [-0.1, -0.05) is 6.07 Å². The van der Waals surface area contributed by atoms with Crippen LogP contribution in [-0.2, 0) is 0 Å². The van der Waals surface area contributed by atoms with E-state index in [4.69, 9.17) is 9.47 Å². The first-order valence-corrected chi connectivity index (χ1v) is 6.90. The molecule has 0 unspecified atom stereocenters. The lowest BCUT2D eigenvalue weighted by Crippen LogP contribution is -2.20. The van der Waals surface area contributed by atoms with E-state index in [2.05, 4.69) is 9.47 Å². The molecule has 2 aromatic carbocycles. The van der Waals surface area contributed by atoms with Crippen LogP contribution in [0.2, 0.25) is 0 Å². The lowest BCUT2D eigenvalue weighted by Gasteiger charge is -2.19. The molecule has 0 fully saturated rings. The van der Waals surface area contributed by atoms with Gasteiger partial charge in [-0.2, -0.15) is 0 Å². The quantitative estimate of drug-likeness (QED) is 0.669. The normalized spacial score (nSPS) is 11.8. The zero-order chi connectivity index (χ0) is 19.5. The molecule has 0 saturated carbocycles. The summed E-state index contributed by atoms with van der Waals surface area (Å²) in [6, 6.07) is 6.55. The second kappa shape index (κ2) is 7.22. The molecule has 142 valence electrons. The molecular weight excluding hydrogens is 370 g/mol. The zero-order valence-electron chi connectivity index (χ0n) is 13.4. The Kier molecular flexibility index (Phi) is 5.43. The maximum absolute atomic E-state index is 12.7. The average Bonchev–Trinajstić information content (AvgIpc) is 2.51. The Labute approximate surface area is 143 Å². The summed E-state index contributed by atoms with van der Waals surface area (Å²) in [4.78, 5) is 0. The summed E-state index contributed by atoms with van der Waals surface area (Å²) in [6.07, 6.45) is -10.2. The van der Waals surface area contributed by atoms with E-state index in [9.17, 15) is 26.3 Å². The molecule has 0 saturated heterocycles. The molecule has 0 aliphatic carbocycles. The van der Waals surface area contributed by atoms with E-state index < -0.39 is 29.8 Å². The third-order valence-electron chi connectivity index (χ3n) is 3.08. The minimum absolute atomic E-state index is 0.0831. The number of hydrogen-bond acceptors (Lipinski definition) is 4. The van der Waals surface area contributed by atoms with Crippen molar-refractivity contribution in [2.24, 2.45) is 0 Å². The average molecular weight is 382 g/mol. The highest BCUT2D eigenvalue weighted by molar-refractivity contribution is 5.78. The number of benzene rings is 2. The molecule has 0 heterocycles. The van der Waals surface area contributed by atoms with Gasteiger partial charge in [-0.25, -0.2) is 0 Å². The van der Waals surface area contributed by atoms with Crippen LogP contribution >= 0.6 is 0 Å². The Morgan fingerprint density at radius 1 is 0.692 bits per heavy atom. The van der Waals surface area contributed by atoms with Crippen LogP contribution in [0, 0.1) is 0 Å². The van der Waals surface area contributed by atoms with Crippen LogP contribution in [-0.4, -0.2) is 26.9 Å². The molecule has 0 amide bonds. The number of alkyl halides is 6. The first-order chi connectivity index (χ1) is 12.0. The van der Waals surface area contributed by atoms with Crippen molar-refractivity contribution in [2.75, 3.05) is 14.2 Å². The molecule has 0 bridgehead atoms. The molecule has 0 atom stereocenters. The summed E-state index contributed by atoms with van der Waals surface area (Å²) in [7, 11) is 2.56. The van der Waals surface area contributed by atoms with Gasteiger partial charge in [-0.15, -0.1) is 26.3 Å². The molecule has 0 N–H and O–H groups in total. The van der Waals surface area contributed by atoms with Gasteiger partial charge >= 0.3 is 12.7 Å². The van der Waals surface area contributed by atoms with Gasteiger partial charge in [0.05, 0.1) is 19.8 Å². The smallest absolute Gasteiger partial charge is 0.497 e. The third-order valence-corrected chi connectivity index (χ3v) is 3.08. The molecule has 0 radical (unpaired) electrons. The second-order valence-electron chi connectivity index (χ2n) is 4.83. The summed E-state index contributed by atoms with van der Waals surface area (Å²) in [5.41, 5.74) is -0.639. The Bertz CT molecular complexity index is 714. The third kappa shape index (κ3) is 5.11. The van der Waals surface area contributed by atoms with Crippen molar-refractivity contribution < 1.29 is 45.3 Å². The predicted molar refractivity (Wildman–Crippen MR) is 78.3 cm³/mol. The lowest BCUT2D eigenvalue weighted by atomic mass is 10.0. The van der Waals surface area contributed by atoms with Crippen LogP contribution in [0.5, 0.6) is 23.0 Å². The van der Waals surface area contributed by atoms with E-state index in [1.165, 1.54) is 32.4 Å². The molecule has 0 spiro atoms. The SMILES string of the molecule is COc1cc(OC)cc(-c2c(OC(F)(F)F)cccc2OC(F)(F)F)c1. The van der Waals surface area contributed by atoms with Gasteiger partial charge in [0.1, 0.15) is 23.0 Å². The van der Waals surface area contributed by atoms with Crippen LogP contribution in [0.4, 0.5) is 26.3 Å². The van der Waals surface area contributed by atoms with Gasteiger partial charge < -0.3 is 18.9 Å². The van der Waals surface area contributed by atoms with Crippen LogP contribution in [0.1, 0.15) is 0 Å². The van der Waals surface area contributed by atoms with Crippen LogP contribution in [0.3, 0.4) is 0 Å². The van der Waals surface area contributed by atoms with Gasteiger partial charge in [-0.3, -0.25) is 0 Å². The van der Waals surface area contributed by atoms with E-state index in [0.29, 0.717) is 0 Å². The highest BCUT2D eigenvalue weighted by atomic mass is 19.4. The Balaban J connectivity index is 2.70. The van der Waals surface area contributed by atoms with E-state index in [1.54, 1.807) is 0 Å². The lowest BCUT2D eigenvalue weighted by molar-refractivity contribution is -0.276. The zero-order valence-corrected chi connectivity index (χ0v) is 13.4. The molecule has 0 aliphatic rings. The van der Waals surface area contributed by atoms with E-state index in [-0.39, 0.29) is 17.1 Å². The largest absolute Gasteiger partial charge is 0.573 e. The molecule has 0 aliphatic heterocycles. The van der Waals surface area contributed by atoms with Gasteiger partial charge in [0.2, 0.25) is 0 Å². The van der Waals surface area contributed by atoms with Gasteiger partial charge in [0, 0.05) is 6.07 Å². The fourth-order valence-corrected chi connectivity index (χ4v) is 2.17. The summed E-state index contributed by atoms with van der Waals surface area (Å²) < 4.78 is 93.7. The van der Waals surface area contributed by atoms with Crippen molar-refractivity contribution >= 4 is 0 Å². The molecular formula is C16H12F6O4. The van der Waals surface area contributed by atoms with Crippen molar-refractivity contribution in [3.63, 3.8) is 0 Å². The standard InChI is InChI=1S/C16H12F6O4/c1-23-10-6-9(7-11(8-10)24-2)14-12(25-15(17,18)19)4-3-5-13(14)26-16(20,21)22/h3-8H,1-2H3. The Morgan fingerprint density at radius 3 is 1.46 bits per heavy atom. The summed E-state index contributed by atoms with van der Waals surface area (Å²) in [5.74, 6) is -1.43. The fourth-order valence-electron chi connectivity index (χ4n) is 2.17. The summed E-state index contributed by atoms with van der Waals surface area (Å²) >= 11 is 0. The molecule has 2 rings (SSSR count). The van der Waals surface area contributed by atoms with Crippen LogP contribution < -0.4 is 18.9 Å². The van der Waals surface area contributed by atoms with Crippen molar-refractivity contribution in [3.8, 4) is 34.1 Å². The van der Waals surface area contributed by atoms with Crippen molar-refractivity contribution in [2.45, 2.75) is 12.7 Å². The number of methoxy groups -OCH3 is 2. The maximum atomic E-state index is 12.7. The first kappa shape index (κ1) is 19.5. The minimum atomic E-state index is -5.12. The number of hydrogen-bond donors (Lipinski definition) is 0. The van der Waals surface area contributed by atoms with Gasteiger partial charge in [-0.05, 0) is 29.8 Å². The van der Waals surface area contributed by atoms with Crippen molar-refractivity contribution in [1.29, 1.82) is 0 Å². The van der Waals surface area contributed by atoms with E-state index in [1.807, 2.05) is 0 Å². The first-order valence-electron chi connectivity index (χ1n) is 6.90. The molecule has 26 heavy (non-hydrogen) atoms. The molecule has 0 aromatic heterocycles. The number of halogens is 6. The van der Waals surface area contributed by atoms with Crippen molar-refractivity contribution in [1.82, 2.24) is 0 Å². The Hall–Kier alpha value is -2.78. The van der Waals surface area contributed by atoms with E-state index in [0.717, 1.165) is 18.2 Å². The van der Waals surface area contributed by atoms with Crippen LogP contribution in [0.25, 0.3) is 11.1 Å². The monoisotopic (exact) mass is 382 g/mol. The molecule has 2 aromatic rings. The maximum Gasteiger partial charge on any atom is 0.573 e. The van der Waals surface area contributed by atoms with Gasteiger partial charge in [0.15, 0.2) is 0 Å². The summed E-state index contributed by atoms with van der Waals surface area (Å²) in [6.45, 7) is 0. The van der Waals surface area contributed by atoms with Crippen molar-refractivity contribution in [3.05, 3.63) is 36.4 Å². The second-order valence-corrected chi connectivity index (χ2v) is 4.83. The highest BCUT2D eigenvalue weighted by Crippen LogP contribution is 2.44. The molecule has 4 nitrogen and oxygen atoms in total. The predicted octanol–water partition coefficient (Wildman–Crippen LogP) is 5.17. The summed E-state index contributed by atoms with van der Waals surface area (Å²) in [5, 5.41) is 0. The topological polar surface area (TPSA) is 36.9 Å². The highest BCUT2D eigenvalue weighted by Gasteiger charge is 2.36. The molecule has 10 heteroatoms. The number of ether oxygens (including phenoxy) is 4. The van der Waals surface area contributed by atoms with Gasteiger partial charge in [0.25, 0.3) is 0 Å². The Morgan fingerprint density at radius 2 is 1.12 bits per heavy atom. The van der Waals surface area contributed by atoms with E-state index >= 15 is 0 Å². The minimum Gasteiger partial charge on any atom is -0.497 e.